The van der Waals surface area contributed by atoms with Crippen molar-refractivity contribution >= 4 is 12.0 Å². The molecule has 0 aromatic heterocycles. The number of carboxylic acids is 1. The van der Waals surface area contributed by atoms with E-state index in [-0.39, 0.29) is 18.0 Å². The first kappa shape index (κ1) is 15.1. The van der Waals surface area contributed by atoms with Gasteiger partial charge in [-0.2, -0.15) is 0 Å². The Morgan fingerprint density at radius 3 is 2.05 bits per heavy atom. The predicted molar refractivity (Wildman–Crippen MR) is 76.5 cm³/mol. The first-order valence-corrected chi connectivity index (χ1v) is 7.71. The van der Waals surface area contributed by atoms with E-state index in [0.29, 0.717) is 19.4 Å². The van der Waals surface area contributed by atoms with Crippen molar-refractivity contribution in [2.45, 2.75) is 58.3 Å². The summed E-state index contributed by atoms with van der Waals surface area (Å²) in [5.74, 6) is -0.789. The van der Waals surface area contributed by atoms with Crippen molar-refractivity contribution in [3.8, 4) is 0 Å². The lowest BCUT2D eigenvalue weighted by atomic mass is 9.69. The summed E-state index contributed by atoms with van der Waals surface area (Å²) >= 11 is 0. The van der Waals surface area contributed by atoms with Crippen LogP contribution in [0.25, 0.3) is 0 Å². The topological polar surface area (TPSA) is 78.4 Å². The smallest absolute Gasteiger partial charge is 0.314 e. The Bertz CT molecular complexity index is 371. The molecule has 0 aliphatic heterocycles. The Morgan fingerprint density at radius 2 is 1.55 bits per heavy atom. The summed E-state index contributed by atoms with van der Waals surface area (Å²) < 4.78 is 0. The fourth-order valence-corrected chi connectivity index (χ4v) is 3.26. The molecule has 20 heavy (non-hydrogen) atoms. The van der Waals surface area contributed by atoms with Gasteiger partial charge >= 0.3 is 12.0 Å². The maximum Gasteiger partial charge on any atom is 0.314 e. The monoisotopic (exact) mass is 282 g/mol. The van der Waals surface area contributed by atoms with Gasteiger partial charge in [-0.1, -0.05) is 32.6 Å². The molecule has 0 spiro atoms. The first-order valence-electron chi connectivity index (χ1n) is 7.71. The molecule has 0 unspecified atom stereocenters. The van der Waals surface area contributed by atoms with Gasteiger partial charge in [-0.15, -0.1) is 0 Å². The van der Waals surface area contributed by atoms with Crippen LogP contribution in [-0.4, -0.2) is 30.2 Å². The summed E-state index contributed by atoms with van der Waals surface area (Å²) in [5.41, 5.74) is -0.511. The number of amides is 2. The Kier molecular flexibility index (Phi) is 4.55. The Hall–Kier alpha value is -1.26. The molecule has 0 radical (unpaired) electrons. The number of carbonyl (C=O) groups excluding carboxylic acids is 1. The third-order valence-corrected chi connectivity index (χ3v) is 5.09. The van der Waals surface area contributed by atoms with Crippen LogP contribution in [0.4, 0.5) is 4.79 Å². The van der Waals surface area contributed by atoms with Crippen LogP contribution in [0.3, 0.4) is 0 Å². The van der Waals surface area contributed by atoms with Gasteiger partial charge in [-0.25, -0.2) is 4.79 Å². The molecule has 0 aromatic carbocycles. The standard InChI is InChI=1S/C15H26N2O3/c1-14(6-3-2-4-7-14)10-16-13(20)17-11-15(12(18)19)8-5-9-15/h2-11H2,1H3,(H,18,19)(H2,16,17,20). The van der Waals surface area contributed by atoms with Gasteiger partial charge in [0.05, 0.1) is 5.41 Å². The fraction of sp³-hybridized carbons (Fsp3) is 0.867. The largest absolute Gasteiger partial charge is 0.481 e. The Labute approximate surface area is 120 Å². The number of hydrogen-bond donors (Lipinski definition) is 3. The minimum Gasteiger partial charge on any atom is -0.481 e. The highest BCUT2D eigenvalue weighted by molar-refractivity contribution is 5.78. The van der Waals surface area contributed by atoms with E-state index in [9.17, 15) is 14.7 Å². The lowest BCUT2D eigenvalue weighted by Crippen LogP contribution is -2.50. The zero-order chi connectivity index (χ0) is 14.6. The van der Waals surface area contributed by atoms with E-state index in [1.54, 1.807) is 0 Å². The van der Waals surface area contributed by atoms with Gasteiger partial charge in [0.25, 0.3) is 0 Å². The van der Waals surface area contributed by atoms with Crippen molar-refractivity contribution < 1.29 is 14.7 Å². The fourth-order valence-electron chi connectivity index (χ4n) is 3.26. The highest BCUT2D eigenvalue weighted by Crippen LogP contribution is 2.40. The molecule has 0 saturated heterocycles. The van der Waals surface area contributed by atoms with E-state index in [2.05, 4.69) is 17.6 Å². The first-order chi connectivity index (χ1) is 9.46. The normalized spacial score (nSPS) is 23.4. The molecular weight excluding hydrogens is 256 g/mol. The number of rotatable bonds is 5. The van der Waals surface area contributed by atoms with E-state index >= 15 is 0 Å². The maximum atomic E-state index is 11.8. The molecule has 0 heterocycles. The molecular formula is C15H26N2O3. The van der Waals surface area contributed by atoms with Gasteiger partial charge in [0.1, 0.15) is 0 Å². The summed E-state index contributed by atoms with van der Waals surface area (Å²) in [5, 5.41) is 14.8. The van der Waals surface area contributed by atoms with Crippen LogP contribution in [0.1, 0.15) is 58.3 Å². The molecule has 5 nitrogen and oxygen atoms in total. The lowest BCUT2D eigenvalue weighted by molar-refractivity contribution is -0.153. The minimum absolute atomic E-state index is 0.205. The van der Waals surface area contributed by atoms with Crippen molar-refractivity contribution in [3.05, 3.63) is 0 Å². The van der Waals surface area contributed by atoms with Crippen LogP contribution in [0, 0.1) is 10.8 Å². The second-order valence-electron chi connectivity index (χ2n) is 6.85. The van der Waals surface area contributed by atoms with Crippen molar-refractivity contribution in [1.82, 2.24) is 10.6 Å². The SMILES string of the molecule is CC1(CNC(=O)NCC2(C(=O)O)CCC2)CCCCC1. The van der Waals surface area contributed by atoms with Crippen LogP contribution in [0.5, 0.6) is 0 Å². The second kappa shape index (κ2) is 6.02. The van der Waals surface area contributed by atoms with Gasteiger partial charge in [-0.05, 0) is 31.1 Å². The number of aliphatic carboxylic acids is 1. The predicted octanol–water partition coefficient (Wildman–Crippen LogP) is 2.51. The zero-order valence-electron chi connectivity index (χ0n) is 12.3. The second-order valence-corrected chi connectivity index (χ2v) is 6.85. The minimum atomic E-state index is -0.789. The molecule has 0 atom stereocenters. The average molecular weight is 282 g/mol. The van der Waals surface area contributed by atoms with Gasteiger partial charge in [0, 0.05) is 13.1 Å². The van der Waals surface area contributed by atoms with E-state index in [0.717, 1.165) is 19.3 Å². The van der Waals surface area contributed by atoms with Crippen LogP contribution in [-0.2, 0) is 4.79 Å². The van der Waals surface area contributed by atoms with Crippen molar-refractivity contribution in [2.75, 3.05) is 13.1 Å². The van der Waals surface area contributed by atoms with Gasteiger partial charge in [-0.3, -0.25) is 4.79 Å². The van der Waals surface area contributed by atoms with Crippen molar-refractivity contribution in [2.24, 2.45) is 10.8 Å². The van der Waals surface area contributed by atoms with E-state index in [4.69, 9.17) is 0 Å². The number of carbonyl (C=O) groups is 2. The van der Waals surface area contributed by atoms with Gasteiger partial charge in [0.2, 0.25) is 0 Å². The average Bonchev–Trinajstić information content (AvgIpc) is 2.36. The summed E-state index contributed by atoms with van der Waals surface area (Å²) in [4.78, 5) is 23.0. The van der Waals surface area contributed by atoms with E-state index < -0.39 is 11.4 Å². The number of carboxylic acid groups (broad SMARTS) is 1. The van der Waals surface area contributed by atoms with E-state index in [1.165, 1.54) is 19.3 Å². The lowest BCUT2D eigenvalue weighted by Gasteiger charge is -2.38. The number of urea groups is 1. The number of nitrogens with one attached hydrogen (secondary N) is 2. The van der Waals surface area contributed by atoms with Gasteiger partial charge < -0.3 is 15.7 Å². The van der Waals surface area contributed by atoms with Crippen LogP contribution in [0.2, 0.25) is 0 Å². The Morgan fingerprint density at radius 1 is 0.950 bits per heavy atom. The molecule has 0 aromatic rings. The summed E-state index contributed by atoms with van der Waals surface area (Å²) in [6, 6.07) is -0.232. The quantitative estimate of drug-likeness (QED) is 0.725. The molecule has 2 saturated carbocycles. The van der Waals surface area contributed by atoms with Crippen molar-refractivity contribution in [1.29, 1.82) is 0 Å². The highest BCUT2D eigenvalue weighted by atomic mass is 16.4. The summed E-state index contributed by atoms with van der Waals surface area (Å²) in [6.45, 7) is 3.14. The molecule has 2 aliphatic rings. The van der Waals surface area contributed by atoms with Gasteiger partial charge in [0.15, 0.2) is 0 Å². The molecule has 2 amide bonds. The summed E-state index contributed by atoms with van der Waals surface area (Å²) in [6.07, 6.45) is 8.36. The Balaban J connectivity index is 1.71. The molecule has 0 bridgehead atoms. The molecule has 5 heteroatoms. The molecule has 114 valence electrons. The molecule has 2 aliphatic carbocycles. The number of hydrogen-bond acceptors (Lipinski definition) is 2. The van der Waals surface area contributed by atoms with Crippen LogP contribution < -0.4 is 10.6 Å². The summed E-state index contributed by atoms with van der Waals surface area (Å²) in [7, 11) is 0. The maximum absolute atomic E-state index is 11.8. The highest BCUT2D eigenvalue weighted by Gasteiger charge is 2.44. The third kappa shape index (κ3) is 3.44. The third-order valence-electron chi connectivity index (χ3n) is 5.09. The van der Waals surface area contributed by atoms with Crippen molar-refractivity contribution in [3.63, 3.8) is 0 Å². The van der Waals surface area contributed by atoms with Crippen LogP contribution >= 0.6 is 0 Å². The molecule has 2 fully saturated rings. The zero-order valence-corrected chi connectivity index (χ0v) is 12.3. The molecule has 3 N–H and O–H groups in total. The van der Waals surface area contributed by atoms with Crippen LogP contribution in [0.15, 0.2) is 0 Å². The van der Waals surface area contributed by atoms with E-state index in [1.807, 2.05) is 0 Å². The molecule has 2 rings (SSSR count).